The summed E-state index contributed by atoms with van der Waals surface area (Å²) in [4.78, 5) is 4.11. The smallest absolute Gasteiger partial charge is 0.0270 e. The molecule has 1 N–H and O–H groups in total. The van der Waals surface area contributed by atoms with Crippen molar-refractivity contribution < 1.29 is 0 Å². The molecule has 0 bridgehead atoms. The van der Waals surface area contributed by atoms with E-state index in [-0.39, 0.29) is 5.54 Å². The summed E-state index contributed by atoms with van der Waals surface area (Å²) in [6, 6.07) is 4.34. The van der Waals surface area contributed by atoms with Gasteiger partial charge in [-0.2, -0.15) is 0 Å². The van der Waals surface area contributed by atoms with Crippen LogP contribution in [0.1, 0.15) is 52.0 Å². The van der Waals surface area contributed by atoms with Crippen LogP contribution in [0.3, 0.4) is 0 Å². The molecule has 1 fully saturated rings. The maximum absolute atomic E-state index is 4.11. The zero-order valence-electron chi connectivity index (χ0n) is 12.7. The standard InChI is InChI=1S/C17H28N2/c1-17(2,3)19-13-16-7-5-4-6-15(16)12-14-8-10-18-11-9-14/h8-11,15-16,19H,4-7,12-13H2,1-3H3. The molecule has 0 saturated heterocycles. The SMILES string of the molecule is CC(C)(C)NCC1CCCCC1Cc1ccncc1. The summed E-state index contributed by atoms with van der Waals surface area (Å²) in [6.45, 7) is 7.94. The third-order valence-corrected chi connectivity index (χ3v) is 4.21. The van der Waals surface area contributed by atoms with Crippen molar-refractivity contribution in [3.05, 3.63) is 30.1 Å². The van der Waals surface area contributed by atoms with Gasteiger partial charge in [-0.1, -0.05) is 12.8 Å². The van der Waals surface area contributed by atoms with E-state index < -0.39 is 0 Å². The highest BCUT2D eigenvalue weighted by atomic mass is 14.9. The summed E-state index contributed by atoms with van der Waals surface area (Å²) in [5, 5.41) is 3.69. The van der Waals surface area contributed by atoms with Crippen LogP contribution in [0, 0.1) is 11.8 Å². The topological polar surface area (TPSA) is 24.9 Å². The first-order chi connectivity index (χ1) is 9.04. The molecule has 2 rings (SSSR count). The van der Waals surface area contributed by atoms with Crippen molar-refractivity contribution in [1.29, 1.82) is 0 Å². The van der Waals surface area contributed by atoms with Crippen LogP contribution in [0.5, 0.6) is 0 Å². The normalized spacial score (nSPS) is 24.4. The third-order valence-electron chi connectivity index (χ3n) is 4.21. The summed E-state index contributed by atoms with van der Waals surface area (Å²) >= 11 is 0. The van der Waals surface area contributed by atoms with Crippen LogP contribution in [-0.2, 0) is 6.42 Å². The summed E-state index contributed by atoms with van der Waals surface area (Å²) in [7, 11) is 0. The van der Waals surface area contributed by atoms with Crippen molar-refractivity contribution in [2.45, 2.75) is 58.4 Å². The Balaban J connectivity index is 1.92. The van der Waals surface area contributed by atoms with E-state index in [1.807, 2.05) is 12.4 Å². The second-order valence-electron chi connectivity index (χ2n) is 7.00. The summed E-state index contributed by atoms with van der Waals surface area (Å²) in [5.41, 5.74) is 1.68. The van der Waals surface area contributed by atoms with Crippen LogP contribution in [-0.4, -0.2) is 17.1 Å². The summed E-state index contributed by atoms with van der Waals surface area (Å²) < 4.78 is 0. The predicted molar refractivity (Wildman–Crippen MR) is 81.1 cm³/mol. The molecular weight excluding hydrogens is 232 g/mol. The Labute approximate surface area is 118 Å². The molecule has 106 valence electrons. The molecule has 1 aliphatic carbocycles. The van der Waals surface area contributed by atoms with Crippen LogP contribution >= 0.6 is 0 Å². The number of aromatic nitrogens is 1. The minimum Gasteiger partial charge on any atom is -0.312 e. The Hall–Kier alpha value is -0.890. The highest BCUT2D eigenvalue weighted by Crippen LogP contribution is 2.32. The summed E-state index contributed by atoms with van der Waals surface area (Å²) in [5.74, 6) is 1.67. The number of nitrogens with zero attached hydrogens (tertiary/aromatic N) is 1. The van der Waals surface area contributed by atoms with E-state index in [0.29, 0.717) is 0 Å². The van der Waals surface area contributed by atoms with Crippen molar-refractivity contribution in [1.82, 2.24) is 10.3 Å². The number of hydrogen-bond donors (Lipinski definition) is 1. The van der Waals surface area contributed by atoms with Gasteiger partial charge in [0.25, 0.3) is 0 Å². The van der Waals surface area contributed by atoms with Crippen molar-refractivity contribution >= 4 is 0 Å². The Kier molecular flexibility index (Phi) is 4.98. The molecule has 1 saturated carbocycles. The van der Waals surface area contributed by atoms with Crippen LogP contribution in [0.2, 0.25) is 0 Å². The quantitative estimate of drug-likeness (QED) is 0.890. The van der Waals surface area contributed by atoms with Gasteiger partial charge in [-0.3, -0.25) is 4.98 Å². The number of hydrogen-bond acceptors (Lipinski definition) is 2. The molecule has 1 aromatic rings. The fraction of sp³-hybridized carbons (Fsp3) is 0.706. The van der Waals surface area contributed by atoms with Gasteiger partial charge >= 0.3 is 0 Å². The molecule has 1 heterocycles. The predicted octanol–water partition coefficient (Wildman–Crippen LogP) is 3.82. The molecule has 0 amide bonds. The van der Waals surface area contributed by atoms with E-state index in [1.54, 1.807) is 0 Å². The molecule has 0 aromatic carbocycles. The number of nitrogens with one attached hydrogen (secondary N) is 1. The van der Waals surface area contributed by atoms with Crippen molar-refractivity contribution in [2.75, 3.05) is 6.54 Å². The molecule has 0 aliphatic heterocycles. The highest BCUT2D eigenvalue weighted by Gasteiger charge is 2.26. The lowest BCUT2D eigenvalue weighted by atomic mass is 9.76. The average Bonchev–Trinajstić information content (AvgIpc) is 2.38. The van der Waals surface area contributed by atoms with E-state index in [0.717, 1.165) is 11.8 Å². The van der Waals surface area contributed by atoms with E-state index in [1.165, 1.54) is 44.2 Å². The third kappa shape index (κ3) is 4.94. The first-order valence-corrected chi connectivity index (χ1v) is 7.68. The van der Waals surface area contributed by atoms with Crippen LogP contribution < -0.4 is 5.32 Å². The average molecular weight is 260 g/mol. The fourth-order valence-corrected chi connectivity index (χ4v) is 3.08. The zero-order chi connectivity index (χ0) is 13.7. The van der Waals surface area contributed by atoms with Gasteiger partial charge in [0, 0.05) is 17.9 Å². The van der Waals surface area contributed by atoms with Gasteiger partial charge in [0.15, 0.2) is 0 Å². The highest BCUT2D eigenvalue weighted by molar-refractivity contribution is 5.11. The van der Waals surface area contributed by atoms with Gasteiger partial charge in [0.05, 0.1) is 0 Å². The van der Waals surface area contributed by atoms with Crippen molar-refractivity contribution in [2.24, 2.45) is 11.8 Å². The van der Waals surface area contributed by atoms with E-state index in [2.05, 4.69) is 43.2 Å². The van der Waals surface area contributed by atoms with Gasteiger partial charge in [-0.05, 0) is 76.1 Å². The van der Waals surface area contributed by atoms with E-state index in [4.69, 9.17) is 0 Å². The van der Waals surface area contributed by atoms with Gasteiger partial charge in [0.1, 0.15) is 0 Å². The lowest BCUT2D eigenvalue weighted by molar-refractivity contribution is 0.213. The number of rotatable bonds is 4. The maximum atomic E-state index is 4.11. The lowest BCUT2D eigenvalue weighted by Crippen LogP contribution is -2.41. The maximum Gasteiger partial charge on any atom is 0.0270 e. The molecule has 2 nitrogen and oxygen atoms in total. The molecule has 1 aromatic heterocycles. The molecule has 0 radical (unpaired) electrons. The zero-order valence-corrected chi connectivity index (χ0v) is 12.7. The van der Waals surface area contributed by atoms with Gasteiger partial charge in [-0.25, -0.2) is 0 Å². The molecule has 2 heteroatoms. The van der Waals surface area contributed by atoms with Crippen LogP contribution in [0.25, 0.3) is 0 Å². The Bertz CT molecular complexity index is 367. The summed E-state index contributed by atoms with van der Waals surface area (Å²) in [6.07, 6.45) is 10.6. The Morgan fingerprint density at radius 2 is 1.74 bits per heavy atom. The Morgan fingerprint density at radius 3 is 2.37 bits per heavy atom. The van der Waals surface area contributed by atoms with Gasteiger partial charge < -0.3 is 5.32 Å². The first-order valence-electron chi connectivity index (χ1n) is 7.68. The second-order valence-corrected chi connectivity index (χ2v) is 7.00. The van der Waals surface area contributed by atoms with E-state index in [9.17, 15) is 0 Å². The monoisotopic (exact) mass is 260 g/mol. The van der Waals surface area contributed by atoms with E-state index >= 15 is 0 Å². The van der Waals surface area contributed by atoms with Crippen LogP contribution in [0.4, 0.5) is 0 Å². The second kappa shape index (κ2) is 6.51. The minimum absolute atomic E-state index is 0.235. The molecule has 1 aliphatic rings. The number of pyridine rings is 1. The molecule has 2 atom stereocenters. The largest absolute Gasteiger partial charge is 0.312 e. The molecular formula is C17H28N2. The fourth-order valence-electron chi connectivity index (χ4n) is 3.08. The Morgan fingerprint density at radius 1 is 1.11 bits per heavy atom. The molecule has 0 spiro atoms. The van der Waals surface area contributed by atoms with Crippen LogP contribution in [0.15, 0.2) is 24.5 Å². The van der Waals surface area contributed by atoms with Crippen molar-refractivity contribution in [3.63, 3.8) is 0 Å². The lowest BCUT2D eigenvalue weighted by Gasteiger charge is -2.34. The molecule has 19 heavy (non-hydrogen) atoms. The minimum atomic E-state index is 0.235. The molecule has 2 unspecified atom stereocenters. The first kappa shape index (κ1) is 14.5. The van der Waals surface area contributed by atoms with Crippen molar-refractivity contribution in [3.8, 4) is 0 Å². The van der Waals surface area contributed by atoms with Gasteiger partial charge in [-0.15, -0.1) is 0 Å². The van der Waals surface area contributed by atoms with Gasteiger partial charge in [0.2, 0.25) is 0 Å².